The lowest BCUT2D eigenvalue weighted by molar-refractivity contribution is 0.404. The summed E-state index contributed by atoms with van der Waals surface area (Å²) < 4.78 is 12.6. The molecule has 182 valence electrons. The molecule has 5 aromatic rings. The Morgan fingerprint density at radius 3 is 1.94 bits per heavy atom. The molecule has 0 radical (unpaired) electrons. The van der Waals surface area contributed by atoms with Crippen LogP contribution in [0.2, 0.25) is 0 Å². The molecular formula is C29H26NO5S+. The van der Waals surface area contributed by atoms with Gasteiger partial charge in [0.25, 0.3) is 0 Å². The first-order chi connectivity index (χ1) is 17.3. The minimum atomic E-state index is -0.927. The third-order valence-corrected chi connectivity index (χ3v) is 8.69. The highest BCUT2D eigenvalue weighted by Crippen LogP contribution is 2.42. The molecule has 0 aliphatic rings. The van der Waals surface area contributed by atoms with Crippen LogP contribution >= 0.6 is 0 Å². The van der Waals surface area contributed by atoms with Crippen molar-refractivity contribution in [1.29, 1.82) is 0 Å². The van der Waals surface area contributed by atoms with E-state index >= 15 is 0 Å². The van der Waals surface area contributed by atoms with Gasteiger partial charge in [-0.3, -0.25) is 4.79 Å². The van der Waals surface area contributed by atoms with Gasteiger partial charge in [-0.1, -0.05) is 12.1 Å². The Balaban J connectivity index is 1.81. The molecule has 36 heavy (non-hydrogen) atoms. The van der Waals surface area contributed by atoms with Crippen LogP contribution in [0.3, 0.4) is 0 Å². The predicted molar refractivity (Wildman–Crippen MR) is 143 cm³/mol. The Labute approximate surface area is 211 Å². The number of ether oxygens (including phenoxy) is 2. The van der Waals surface area contributed by atoms with Crippen LogP contribution in [0.25, 0.3) is 21.8 Å². The van der Waals surface area contributed by atoms with Crippen LogP contribution in [-0.2, 0) is 17.9 Å². The van der Waals surface area contributed by atoms with Crippen molar-refractivity contribution in [3.8, 4) is 23.0 Å². The molecule has 0 spiro atoms. The predicted octanol–water partition coefficient (Wildman–Crippen LogP) is 5.52. The molecule has 0 unspecified atom stereocenters. The summed E-state index contributed by atoms with van der Waals surface area (Å²) in [6.07, 6.45) is 0. The van der Waals surface area contributed by atoms with Gasteiger partial charge >= 0.3 is 0 Å². The van der Waals surface area contributed by atoms with E-state index in [-0.39, 0.29) is 16.9 Å². The van der Waals surface area contributed by atoms with Crippen molar-refractivity contribution in [2.24, 2.45) is 7.05 Å². The van der Waals surface area contributed by atoms with E-state index in [1.165, 1.54) is 14.2 Å². The molecule has 6 nitrogen and oxygen atoms in total. The zero-order chi connectivity index (χ0) is 25.6. The van der Waals surface area contributed by atoms with Crippen LogP contribution in [0.1, 0.15) is 5.56 Å². The maximum atomic E-state index is 13.6. The van der Waals surface area contributed by atoms with E-state index in [1.807, 2.05) is 54.9 Å². The number of para-hydroxylation sites is 1. The van der Waals surface area contributed by atoms with Gasteiger partial charge in [-0.05, 0) is 42.8 Å². The maximum absolute atomic E-state index is 13.6. The molecule has 0 aliphatic carbocycles. The van der Waals surface area contributed by atoms with Gasteiger partial charge in [0.2, 0.25) is 9.79 Å². The van der Waals surface area contributed by atoms with Gasteiger partial charge in [-0.15, -0.1) is 0 Å². The summed E-state index contributed by atoms with van der Waals surface area (Å²) in [4.78, 5) is 15.6. The van der Waals surface area contributed by atoms with Crippen LogP contribution in [0.15, 0.2) is 92.3 Å². The van der Waals surface area contributed by atoms with Gasteiger partial charge < -0.3 is 24.3 Å². The highest BCUT2D eigenvalue weighted by molar-refractivity contribution is 7.97. The molecule has 1 aromatic heterocycles. The van der Waals surface area contributed by atoms with Gasteiger partial charge in [0.15, 0.2) is 21.8 Å². The van der Waals surface area contributed by atoms with Crippen molar-refractivity contribution < 1.29 is 19.7 Å². The molecular weight excluding hydrogens is 474 g/mol. The summed E-state index contributed by atoms with van der Waals surface area (Å²) >= 11 is 0. The molecule has 2 N–H and O–H groups in total. The van der Waals surface area contributed by atoms with Crippen LogP contribution in [0.4, 0.5) is 0 Å². The first-order valence-electron chi connectivity index (χ1n) is 11.3. The van der Waals surface area contributed by atoms with E-state index in [4.69, 9.17) is 9.47 Å². The molecule has 0 saturated carbocycles. The average molecular weight is 501 g/mol. The first kappa shape index (κ1) is 23.6. The van der Waals surface area contributed by atoms with Gasteiger partial charge in [-0.25, -0.2) is 0 Å². The van der Waals surface area contributed by atoms with E-state index in [0.717, 1.165) is 21.5 Å². The number of benzene rings is 4. The lowest BCUT2D eigenvalue weighted by atomic mass is 10.1. The number of aromatic nitrogens is 1. The van der Waals surface area contributed by atoms with Crippen molar-refractivity contribution in [1.82, 2.24) is 4.57 Å². The normalized spacial score (nSPS) is 11.4. The summed E-state index contributed by atoms with van der Waals surface area (Å²) in [6, 6.07) is 21.7. The van der Waals surface area contributed by atoms with Crippen LogP contribution in [0, 0.1) is 6.92 Å². The molecule has 0 fully saturated rings. The number of aromatic hydroxyl groups is 2. The van der Waals surface area contributed by atoms with Crippen LogP contribution in [0.5, 0.6) is 23.0 Å². The molecule has 0 aliphatic heterocycles. The summed E-state index contributed by atoms with van der Waals surface area (Å²) in [5.41, 5.74) is 2.70. The fraction of sp³-hybridized carbons (Fsp3) is 0.138. The largest absolute Gasteiger partial charge is 0.503 e. The maximum Gasteiger partial charge on any atom is 0.208 e. The van der Waals surface area contributed by atoms with Gasteiger partial charge in [0, 0.05) is 42.8 Å². The number of pyridine rings is 1. The zero-order valence-electron chi connectivity index (χ0n) is 20.4. The van der Waals surface area contributed by atoms with E-state index < -0.39 is 10.9 Å². The number of fused-ring (bicyclic) bond motifs is 2. The van der Waals surface area contributed by atoms with Crippen molar-refractivity contribution in [3.05, 3.63) is 88.6 Å². The molecule has 0 bridgehead atoms. The van der Waals surface area contributed by atoms with Gasteiger partial charge in [-0.2, -0.15) is 0 Å². The highest BCUT2D eigenvalue weighted by atomic mass is 32.2. The number of phenolic OH excluding ortho intramolecular Hbond substituents is 2. The number of aryl methyl sites for hydroxylation is 2. The lowest BCUT2D eigenvalue weighted by Crippen LogP contribution is -2.12. The average Bonchev–Trinajstić information content (AvgIpc) is 2.88. The molecule has 0 atom stereocenters. The highest BCUT2D eigenvalue weighted by Gasteiger charge is 2.35. The summed E-state index contributed by atoms with van der Waals surface area (Å²) in [6.45, 7) is 2.00. The molecule has 5 rings (SSSR count). The number of methoxy groups -OCH3 is 2. The van der Waals surface area contributed by atoms with E-state index in [9.17, 15) is 15.0 Å². The Morgan fingerprint density at radius 2 is 1.39 bits per heavy atom. The quantitative estimate of drug-likeness (QED) is 0.245. The Kier molecular flexibility index (Phi) is 6.02. The SMILES string of the molecule is COc1ccc([S+](c2ccc3c(c2)c(=O)c2cccc(C)c2n3C)c2ccc(OC)cc2O)c(O)c1. The fourth-order valence-electron chi connectivity index (χ4n) is 4.64. The minimum Gasteiger partial charge on any atom is -0.503 e. The van der Waals surface area contributed by atoms with E-state index in [1.54, 1.807) is 36.4 Å². The number of phenols is 2. The van der Waals surface area contributed by atoms with Crippen LogP contribution < -0.4 is 14.9 Å². The zero-order valence-corrected chi connectivity index (χ0v) is 21.2. The monoisotopic (exact) mass is 500 g/mol. The summed E-state index contributed by atoms with van der Waals surface area (Å²) in [5, 5.41) is 23.1. The fourth-order valence-corrected chi connectivity index (χ4v) is 6.76. The van der Waals surface area contributed by atoms with Gasteiger partial charge in [0.1, 0.15) is 22.4 Å². The third-order valence-electron chi connectivity index (χ3n) is 6.40. The second-order valence-electron chi connectivity index (χ2n) is 8.51. The third kappa shape index (κ3) is 3.82. The molecule has 1 heterocycles. The van der Waals surface area contributed by atoms with E-state index in [2.05, 4.69) is 0 Å². The Morgan fingerprint density at radius 1 is 0.778 bits per heavy atom. The van der Waals surface area contributed by atoms with Crippen molar-refractivity contribution in [2.75, 3.05) is 14.2 Å². The second kappa shape index (κ2) is 9.17. The summed E-state index contributed by atoms with van der Waals surface area (Å²) in [7, 11) is 4.11. The number of rotatable bonds is 5. The Bertz CT molecular complexity index is 1640. The second-order valence-corrected chi connectivity index (χ2v) is 10.5. The Hall–Kier alpha value is -4.10. The minimum absolute atomic E-state index is 0.0371. The molecule has 0 saturated heterocycles. The number of hydrogen-bond donors (Lipinski definition) is 2. The lowest BCUT2D eigenvalue weighted by Gasteiger charge is -2.15. The molecule has 4 aromatic carbocycles. The number of hydrogen-bond acceptors (Lipinski definition) is 5. The van der Waals surface area contributed by atoms with Crippen molar-refractivity contribution >= 4 is 32.7 Å². The van der Waals surface area contributed by atoms with Gasteiger partial charge in [0.05, 0.1) is 30.6 Å². The topological polar surface area (TPSA) is 80.9 Å². The van der Waals surface area contributed by atoms with Crippen molar-refractivity contribution in [2.45, 2.75) is 21.6 Å². The standard InChI is InChI=1S/C29H25NO5S/c1-17-6-5-7-21-28(17)30(2)23-11-10-20(16-22(23)29(21)33)36(26-12-8-18(34-3)14-24(26)31)27-13-9-19(35-4)15-25(27)32/h5-16H,1-4H3,(H-,31,32)/p+1. The molecule has 0 amide bonds. The molecule has 7 heteroatoms. The van der Waals surface area contributed by atoms with E-state index in [0.29, 0.717) is 32.1 Å². The van der Waals surface area contributed by atoms with Crippen molar-refractivity contribution in [3.63, 3.8) is 0 Å². The number of nitrogens with zero attached hydrogens (tertiary/aromatic N) is 1. The first-order valence-corrected chi connectivity index (χ1v) is 12.6. The smallest absolute Gasteiger partial charge is 0.208 e. The summed E-state index contributed by atoms with van der Waals surface area (Å²) in [5.74, 6) is 1.12. The van der Waals surface area contributed by atoms with Crippen LogP contribution in [-0.4, -0.2) is 29.0 Å².